The first kappa shape index (κ1) is 16.5. The van der Waals surface area contributed by atoms with Crippen LogP contribution in [0.3, 0.4) is 0 Å². The SMILES string of the molecule is c1cc(-c2nc(C3CCOCC3)nn2C2CCOC2)nc(-n2cnnc2)c1. The third kappa shape index (κ3) is 3.24. The molecule has 2 saturated heterocycles. The van der Waals surface area contributed by atoms with Crippen molar-refractivity contribution >= 4 is 0 Å². The summed E-state index contributed by atoms with van der Waals surface area (Å²) in [6.45, 7) is 2.95. The van der Waals surface area contributed by atoms with Crippen molar-refractivity contribution in [1.82, 2.24) is 34.5 Å². The van der Waals surface area contributed by atoms with Crippen molar-refractivity contribution in [1.29, 1.82) is 0 Å². The van der Waals surface area contributed by atoms with Gasteiger partial charge in [0, 0.05) is 25.7 Å². The van der Waals surface area contributed by atoms with Crippen molar-refractivity contribution in [3.8, 4) is 17.3 Å². The third-order valence-electron chi connectivity index (χ3n) is 5.13. The summed E-state index contributed by atoms with van der Waals surface area (Å²) in [6, 6.07) is 6.06. The first-order valence-electron chi connectivity index (χ1n) is 9.33. The van der Waals surface area contributed by atoms with Crippen LogP contribution in [0.15, 0.2) is 30.9 Å². The monoisotopic (exact) mass is 367 g/mol. The predicted molar refractivity (Wildman–Crippen MR) is 95.4 cm³/mol. The molecule has 5 heterocycles. The average molecular weight is 367 g/mol. The van der Waals surface area contributed by atoms with Gasteiger partial charge in [-0.15, -0.1) is 10.2 Å². The van der Waals surface area contributed by atoms with Crippen molar-refractivity contribution in [2.45, 2.75) is 31.2 Å². The Labute approximate surface area is 156 Å². The molecule has 1 unspecified atom stereocenters. The Hall–Kier alpha value is -2.65. The largest absolute Gasteiger partial charge is 0.381 e. The maximum Gasteiger partial charge on any atom is 0.177 e. The second kappa shape index (κ2) is 7.16. The lowest BCUT2D eigenvalue weighted by Gasteiger charge is -2.19. The fraction of sp³-hybridized carbons (Fsp3) is 0.500. The molecule has 0 spiro atoms. The van der Waals surface area contributed by atoms with E-state index in [0.717, 1.165) is 62.2 Å². The molecule has 2 aliphatic heterocycles. The topological polar surface area (TPSA) is 92.8 Å². The number of pyridine rings is 1. The molecular weight excluding hydrogens is 346 g/mol. The van der Waals surface area contributed by atoms with Crippen LogP contribution in [0.25, 0.3) is 17.3 Å². The van der Waals surface area contributed by atoms with Crippen LogP contribution in [-0.2, 0) is 9.47 Å². The lowest BCUT2D eigenvalue weighted by atomic mass is 10.00. The highest BCUT2D eigenvalue weighted by Crippen LogP contribution is 2.30. The molecular formula is C18H21N7O2. The molecule has 0 amide bonds. The van der Waals surface area contributed by atoms with Gasteiger partial charge in [-0.25, -0.2) is 14.6 Å². The van der Waals surface area contributed by atoms with Crippen molar-refractivity contribution in [3.63, 3.8) is 0 Å². The molecule has 0 aromatic carbocycles. The molecule has 3 aromatic rings. The van der Waals surface area contributed by atoms with Gasteiger partial charge >= 0.3 is 0 Å². The fourth-order valence-electron chi connectivity index (χ4n) is 3.62. The van der Waals surface area contributed by atoms with E-state index in [9.17, 15) is 0 Å². The minimum absolute atomic E-state index is 0.196. The summed E-state index contributed by atoms with van der Waals surface area (Å²) in [5.74, 6) is 2.77. The lowest BCUT2D eigenvalue weighted by molar-refractivity contribution is 0.0835. The van der Waals surface area contributed by atoms with Crippen molar-refractivity contribution < 1.29 is 9.47 Å². The molecule has 0 bridgehead atoms. The van der Waals surface area contributed by atoms with E-state index in [0.29, 0.717) is 12.5 Å². The first-order chi connectivity index (χ1) is 13.4. The highest BCUT2D eigenvalue weighted by molar-refractivity contribution is 5.51. The number of ether oxygens (including phenoxy) is 2. The van der Waals surface area contributed by atoms with Crippen molar-refractivity contribution in [2.24, 2.45) is 0 Å². The minimum atomic E-state index is 0.196. The summed E-state index contributed by atoms with van der Waals surface area (Å²) >= 11 is 0. The second-order valence-electron chi connectivity index (χ2n) is 6.89. The Bertz CT molecular complexity index is 896. The van der Waals surface area contributed by atoms with E-state index < -0.39 is 0 Å². The Balaban J connectivity index is 1.55. The molecule has 0 N–H and O–H groups in total. The minimum Gasteiger partial charge on any atom is -0.381 e. The molecule has 2 aliphatic rings. The quantitative estimate of drug-likeness (QED) is 0.694. The van der Waals surface area contributed by atoms with Crippen LogP contribution >= 0.6 is 0 Å². The Kier molecular flexibility index (Phi) is 4.38. The number of aromatic nitrogens is 7. The molecule has 2 fully saturated rings. The molecule has 1 atom stereocenters. The van der Waals surface area contributed by atoms with E-state index in [1.54, 1.807) is 17.2 Å². The summed E-state index contributed by atoms with van der Waals surface area (Å²) in [6.07, 6.45) is 6.12. The molecule has 0 saturated carbocycles. The maximum absolute atomic E-state index is 5.59. The Morgan fingerprint density at radius 1 is 0.926 bits per heavy atom. The zero-order valence-electron chi connectivity index (χ0n) is 14.9. The van der Waals surface area contributed by atoms with Gasteiger partial charge in [-0.2, -0.15) is 5.10 Å². The Morgan fingerprint density at radius 2 is 1.74 bits per heavy atom. The van der Waals surface area contributed by atoms with E-state index in [4.69, 9.17) is 24.5 Å². The van der Waals surface area contributed by atoms with E-state index >= 15 is 0 Å². The van der Waals surface area contributed by atoms with Gasteiger partial charge in [0.15, 0.2) is 11.6 Å². The summed E-state index contributed by atoms with van der Waals surface area (Å²) in [5.41, 5.74) is 0.791. The summed E-state index contributed by atoms with van der Waals surface area (Å²) in [4.78, 5) is 9.68. The second-order valence-corrected chi connectivity index (χ2v) is 6.89. The standard InChI is InChI=1S/C18H21N7O2/c1-2-15(21-16(3-1)24-11-19-20-12-24)18-22-17(13-4-7-26-8-5-13)23-25(18)14-6-9-27-10-14/h1-3,11-14H,4-10H2. The van der Waals surface area contributed by atoms with E-state index in [1.165, 1.54) is 0 Å². The van der Waals surface area contributed by atoms with Crippen LogP contribution < -0.4 is 0 Å². The van der Waals surface area contributed by atoms with Crippen LogP contribution in [0.1, 0.15) is 37.0 Å². The van der Waals surface area contributed by atoms with Gasteiger partial charge in [-0.1, -0.05) is 6.07 Å². The Morgan fingerprint density at radius 3 is 2.52 bits per heavy atom. The van der Waals surface area contributed by atoms with Gasteiger partial charge in [0.1, 0.15) is 24.2 Å². The van der Waals surface area contributed by atoms with Crippen LogP contribution in [0.5, 0.6) is 0 Å². The fourth-order valence-corrected chi connectivity index (χ4v) is 3.62. The van der Waals surface area contributed by atoms with Crippen LogP contribution in [0.4, 0.5) is 0 Å². The van der Waals surface area contributed by atoms with Gasteiger partial charge < -0.3 is 9.47 Å². The third-order valence-corrected chi connectivity index (χ3v) is 5.13. The van der Waals surface area contributed by atoms with Gasteiger partial charge in [0.25, 0.3) is 0 Å². The molecule has 140 valence electrons. The lowest BCUT2D eigenvalue weighted by Crippen LogP contribution is -2.16. The molecule has 9 nitrogen and oxygen atoms in total. The summed E-state index contributed by atoms with van der Waals surface area (Å²) in [5, 5.41) is 12.6. The van der Waals surface area contributed by atoms with Crippen molar-refractivity contribution in [2.75, 3.05) is 26.4 Å². The zero-order valence-corrected chi connectivity index (χ0v) is 14.9. The zero-order chi connectivity index (χ0) is 18.1. The first-order valence-corrected chi connectivity index (χ1v) is 9.33. The molecule has 9 heteroatoms. The highest BCUT2D eigenvalue weighted by atomic mass is 16.5. The number of rotatable bonds is 4. The summed E-state index contributed by atoms with van der Waals surface area (Å²) < 4.78 is 14.9. The molecule has 0 radical (unpaired) electrons. The normalized spacial score (nSPS) is 21.0. The van der Waals surface area contributed by atoms with E-state index in [2.05, 4.69) is 10.2 Å². The van der Waals surface area contributed by atoms with E-state index in [1.807, 2.05) is 22.9 Å². The number of nitrogens with zero attached hydrogens (tertiary/aromatic N) is 7. The highest BCUT2D eigenvalue weighted by Gasteiger charge is 2.28. The van der Waals surface area contributed by atoms with Gasteiger partial charge in [0.2, 0.25) is 0 Å². The van der Waals surface area contributed by atoms with Crippen LogP contribution in [-0.4, -0.2) is 60.9 Å². The van der Waals surface area contributed by atoms with Gasteiger partial charge in [0.05, 0.1) is 12.6 Å². The smallest absolute Gasteiger partial charge is 0.177 e. The van der Waals surface area contributed by atoms with Crippen LogP contribution in [0.2, 0.25) is 0 Å². The number of hydrogen-bond acceptors (Lipinski definition) is 7. The molecule has 5 rings (SSSR count). The van der Waals surface area contributed by atoms with E-state index in [-0.39, 0.29) is 6.04 Å². The molecule has 3 aromatic heterocycles. The van der Waals surface area contributed by atoms with Crippen molar-refractivity contribution in [3.05, 3.63) is 36.7 Å². The van der Waals surface area contributed by atoms with Gasteiger partial charge in [-0.05, 0) is 31.4 Å². The maximum atomic E-state index is 5.59. The van der Waals surface area contributed by atoms with Gasteiger partial charge in [-0.3, -0.25) is 4.57 Å². The molecule has 27 heavy (non-hydrogen) atoms. The summed E-state index contributed by atoms with van der Waals surface area (Å²) in [7, 11) is 0. The predicted octanol–water partition coefficient (Wildman–Crippen LogP) is 1.78. The number of hydrogen-bond donors (Lipinski definition) is 0. The molecule has 0 aliphatic carbocycles. The van der Waals surface area contributed by atoms with Crippen LogP contribution in [0, 0.1) is 0 Å². The average Bonchev–Trinajstić information content (AvgIpc) is 3.50.